The maximum Gasteiger partial charge on any atom is 0.269 e. The van der Waals surface area contributed by atoms with Gasteiger partial charge in [0.15, 0.2) is 5.79 Å². The van der Waals surface area contributed by atoms with Crippen LogP contribution in [0.3, 0.4) is 0 Å². The molecular weight excluding hydrogens is 612 g/mol. The Hall–Kier alpha value is -3.39. The Bertz CT molecular complexity index is 1710. The number of anilines is 1. The first-order valence-electron chi connectivity index (χ1n) is 16.0. The minimum Gasteiger partial charge on any atom is -0.350 e. The van der Waals surface area contributed by atoms with Crippen molar-refractivity contribution < 1.29 is 32.4 Å². The highest BCUT2D eigenvalue weighted by Crippen LogP contribution is 2.62. The summed E-state index contributed by atoms with van der Waals surface area (Å²) in [6.07, 6.45) is 2.56. The van der Waals surface area contributed by atoms with Gasteiger partial charge in [0.1, 0.15) is 18.0 Å². The van der Waals surface area contributed by atoms with E-state index in [1.165, 1.54) is 5.01 Å². The molecule has 0 bridgehead atoms. The number of ketones is 1. The zero-order valence-corrected chi connectivity index (χ0v) is 27.3. The fourth-order valence-electron chi connectivity index (χ4n) is 9.20. The van der Waals surface area contributed by atoms with E-state index in [1.54, 1.807) is 0 Å². The average Bonchev–Trinajstić information content (AvgIpc) is 3.50. The summed E-state index contributed by atoms with van der Waals surface area (Å²) in [5.41, 5.74) is 0.880. The van der Waals surface area contributed by atoms with Gasteiger partial charge in [-0.3, -0.25) is 19.7 Å². The molecule has 1 N–H and O–H groups in total. The van der Waals surface area contributed by atoms with Crippen LogP contribution in [0, 0.1) is 32.8 Å². The van der Waals surface area contributed by atoms with Crippen molar-refractivity contribution in [3.63, 3.8) is 0 Å². The predicted octanol–water partition coefficient (Wildman–Crippen LogP) is 4.33. The minimum atomic E-state index is -4.30. The maximum atomic E-state index is 14.1. The van der Waals surface area contributed by atoms with E-state index < -0.39 is 50.2 Å². The van der Waals surface area contributed by atoms with Crippen molar-refractivity contribution in [1.82, 2.24) is 9.84 Å². The molecule has 2 aliphatic carbocycles. The van der Waals surface area contributed by atoms with E-state index in [0.29, 0.717) is 19.4 Å². The van der Waals surface area contributed by atoms with E-state index in [9.17, 15) is 28.1 Å². The first-order valence-corrected chi connectivity index (χ1v) is 17.4. The van der Waals surface area contributed by atoms with Crippen LogP contribution in [-0.2, 0) is 35.5 Å². The third-order valence-corrected chi connectivity index (χ3v) is 12.8. The first kappa shape index (κ1) is 31.2. The Balaban J connectivity index is 1.24. The largest absolute Gasteiger partial charge is 0.350 e. The molecule has 7 atom stereocenters. The van der Waals surface area contributed by atoms with Gasteiger partial charge in [-0.15, -0.1) is 4.83 Å². The Morgan fingerprint density at radius 2 is 1.74 bits per heavy atom. The van der Waals surface area contributed by atoms with Crippen molar-refractivity contribution in [2.75, 3.05) is 11.5 Å². The Morgan fingerprint density at radius 1 is 1.02 bits per heavy atom. The maximum absolute atomic E-state index is 14.1. The van der Waals surface area contributed by atoms with Crippen LogP contribution in [0.2, 0.25) is 0 Å². The van der Waals surface area contributed by atoms with Crippen LogP contribution in [-0.4, -0.2) is 60.7 Å². The number of amides is 1. The van der Waals surface area contributed by atoms with Crippen LogP contribution in [0.4, 0.5) is 11.4 Å². The number of carbonyl (C=O) groups is 2. The van der Waals surface area contributed by atoms with E-state index in [4.69, 9.17) is 9.47 Å². The van der Waals surface area contributed by atoms with E-state index >= 15 is 0 Å². The zero-order chi connectivity index (χ0) is 32.8. The molecule has 1 unspecified atom stereocenters. The van der Waals surface area contributed by atoms with Gasteiger partial charge in [0.2, 0.25) is 0 Å². The van der Waals surface area contributed by atoms with Crippen LogP contribution >= 0.6 is 0 Å². The van der Waals surface area contributed by atoms with Gasteiger partial charge < -0.3 is 14.4 Å². The fourth-order valence-corrected chi connectivity index (χ4v) is 10.3. The van der Waals surface area contributed by atoms with Crippen LogP contribution in [0.1, 0.15) is 65.4 Å². The van der Waals surface area contributed by atoms with Crippen molar-refractivity contribution in [3.05, 3.63) is 64.2 Å². The van der Waals surface area contributed by atoms with E-state index in [1.807, 2.05) is 43.0 Å². The number of hydrogen-bond donors (Lipinski definition) is 1. The van der Waals surface area contributed by atoms with Crippen molar-refractivity contribution in [2.45, 2.75) is 95.2 Å². The second-order valence-electron chi connectivity index (χ2n) is 14.5. The molecule has 2 aromatic rings. The molecule has 2 saturated carbocycles. The molecular formula is C33H40N4O8S. The lowest BCUT2D eigenvalue weighted by atomic mass is 9.46. The number of fused-ring (bicyclic) bond motifs is 6. The van der Waals surface area contributed by atoms with Crippen LogP contribution in [0.15, 0.2) is 53.4 Å². The van der Waals surface area contributed by atoms with Gasteiger partial charge in [-0.25, -0.2) is 13.4 Å². The third kappa shape index (κ3) is 4.77. The highest BCUT2D eigenvalue weighted by Gasteiger charge is 2.63. The number of hydrazine groups is 1. The average molecular weight is 653 g/mol. The lowest BCUT2D eigenvalue weighted by molar-refractivity contribution is -0.384. The molecule has 46 heavy (non-hydrogen) atoms. The quantitative estimate of drug-likeness (QED) is 0.356. The molecule has 13 heteroatoms. The fraction of sp³-hybridized carbons (Fsp3) is 0.576. The van der Waals surface area contributed by atoms with Gasteiger partial charge in [-0.1, -0.05) is 32.0 Å². The van der Waals surface area contributed by atoms with E-state index in [-0.39, 0.29) is 40.2 Å². The summed E-state index contributed by atoms with van der Waals surface area (Å²) < 4.78 is 39.9. The Kier molecular flexibility index (Phi) is 7.17. The molecule has 3 heterocycles. The SMILES string of the molecule is CC1(C)OC[C@]2(C)C(CC[C@@]3(C)[C@H](C[C@H]4N(NS(=O)(=O)c5ccc([N+](=O)[O-])cc5)C(=O)[C@@H]5Cc6ccccc6N54)C(=O)CC[C@@H]32)O1. The Labute approximate surface area is 268 Å². The number of benzene rings is 2. The summed E-state index contributed by atoms with van der Waals surface area (Å²) in [7, 11) is -4.30. The molecule has 1 amide bonds. The van der Waals surface area contributed by atoms with Gasteiger partial charge >= 0.3 is 0 Å². The lowest BCUT2D eigenvalue weighted by Gasteiger charge is -2.63. The topological polar surface area (TPSA) is 148 Å². The number of ether oxygens (including phenoxy) is 2. The standard InChI is InChI=1S/C33H40N4O8S/c1-31(2)44-19-33(4)27-14-13-26(38)23(32(27,3)16-15-28(33)45-31)18-29-35-24-8-6-5-7-20(24)17-25(35)30(39)36(29)34-46(42,43)22-11-9-21(10-12-22)37(40)41/h5-12,23,25,27-29,34H,13-19H2,1-4H3/t23-,25+,27+,28?,29-,32+,33+/m1/s1. The van der Waals surface area contributed by atoms with Crippen molar-refractivity contribution in [1.29, 1.82) is 0 Å². The van der Waals surface area contributed by atoms with Crippen molar-refractivity contribution in [2.24, 2.45) is 22.7 Å². The molecule has 2 saturated heterocycles. The number of nitro benzene ring substituents is 1. The first-order chi connectivity index (χ1) is 21.6. The molecule has 0 aromatic heterocycles. The van der Waals surface area contributed by atoms with Gasteiger partial charge in [0.05, 0.1) is 22.5 Å². The smallest absolute Gasteiger partial charge is 0.269 e. The third-order valence-electron chi connectivity index (χ3n) is 11.5. The summed E-state index contributed by atoms with van der Waals surface area (Å²) in [5.74, 6) is -1.26. The second kappa shape index (κ2) is 10.6. The molecule has 0 spiro atoms. The number of hydrogen-bond acceptors (Lipinski definition) is 9. The van der Waals surface area contributed by atoms with E-state index in [2.05, 4.69) is 18.7 Å². The summed E-state index contributed by atoms with van der Waals surface area (Å²) in [6.45, 7) is 8.77. The molecule has 7 rings (SSSR count). The molecule has 3 aliphatic heterocycles. The van der Waals surface area contributed by atoms with Crippen LogP contribution < -0.4 is 9.73 Å². The molecule has 5 aliphatic rings. The number of rotatable bonds is 6. The van der Waals surface area contributed by atoms with Crippen molar-refractivity contribution >= 4 is 33.1 Å². The predicted molar refractivity (Wildman–Crippen MR) is 167 cm³/mol. The van der Waals surface area contributed by atoms with Crippen molar-refractivity contribution in [3.8, 4) is 0 Å². The molecule has 12 nitrogen and oxygen atoms in total. The second-order valence-corrected chi connectivity index (χ2v) is 16.1. The van der Waals surface area contributed by atoms with Gasteiger partial charge in [0, 0.05) is 42.0 Å². The highest BCUT2D eigenvalue weighted by molar-refractivity contribution is 7.89. The summed E-state index contributed by atoms with van der Waals surface area (Å²) in [6, 6.07) is 11.6. The lowest BCUT2D eigenvalue weighted by Crippen LogP contribution is -2.64. The molecule has 4 fully saturated rings. The number of carbonyl (C=O) groups excluding carboxylic acids is 2. The molecule has 246 valence electrons. The summed E-state index contributed by atoms with van der Waals surface area (Å²) in [4.78, 5) is 42.8. The number of nitrogens with zero attached hydrogens (tertiary/aromatic N) is 3. The van der Waals surface area contributed by atoms with Crippen LogP contribution in [0.5, 0.6) is 0 Å². The number of para-hydroxylation sites is 1. The number of Topliss-reactive ketones (excluding diaryl/α,β-unsaturated/α-hetero) is 1. The minimum absolute atomic E-state index is 0.00363. The monoisotopic (exact) mass is 652 g/mol. The molecule has 0 radical (unpaired) electrons. The Morgan fingerprint density at radius 3 is 2.46 bits per heavy atom. The number of sulfonamides is 1. The van der Waals surface area contributed by atoms with Gasteiger partial charge in [-0.05, 0) is 74.6 Å². The zero-order valence-electron chi connectivity index (χ0n) is 26.5. The number of nitrogens with one attached hydrogen (secondary N) is 1. The molecule has 2 aromatic carbocycles. The van der Waals surface area contributed by atoms with Gasteiger partial charge in [-0.2, -0.15) is 0 Å². The van der Waals surface area contributed by atoms with E-state index in [0.717, 1.165) is 54.8 Å². The summed E-state index contributed by atoms with van der Waals surface area (Å²) in [5, 5.41) is 12.3. The number of non-ortho nitro benzene ring substituents is 1. The van der Waals surface area contributed by atoms with Gasteiger partial charge in [0.25, 0.3) is 21.6 Å². The number of nitro groups is 1. The highest BCUT2D eigenvalue weighted by atomic mass is 32.2. The van der Waals surface area contributed by atoms with Crippen LogP contribution in [0.25, 0.3) is 0 Å². The summed E-state index contributed by atoms with van der Waals surface area (Å²) >= 11 is 0. The normalized spacial score (nSPS) is 34.9.